The second-order valence-electron chi connectivity index (χ2n) is 8.72. The molecule has 0 aliphatic carbocycles. The summed E-state index contributed by atoms with van der Waals surface area (Å²) in [6, 6.07) is 10.8. The van der Waals surface area contributed by atoms with E-state index in [2.05, 4.69) is 17.4 Å². The summed E-state index contributed by atoms with van der Waals surface area (Å²) in [4.78, 5) is 18.6. The standard InChI is InChI=1S/C25H32ClN3O3/c26-20-8-4-6-19(16-20)23(25(30)31)29-14-12-22(17-29)32-15-3-1-2-9-21-11-10-18-7-5-13-27-24(18)28-21/h4,6,8,10-11,16,22-23H,1-3,5,7,9,12-15,17H2,(H,27,28)(H,30,31)/t22-,23?/m1/s1. The van der Waals surface area contributed by atoms with Crippen LogP contribution >= 0.6 is 11.6 Å². The van der Waals surface area contributed by atoms with Gasteiger partial charge in [0, 0.05) is 37.0 Å². The molecule has 1 aromatic carbocycles. The molecule has 0 bridgehead atoms. The molecule has 3 heterocycles. The summed E-state index contributed by atoms with van der Waals surface area (Å²) in [5.74, 6) is 0.221. The molecule has 7 heteroatoms. The van der Waals surface area contributed by atoms with Gasteiger partial charge in [-0.05, 0) is 67.9 Å². The molecule has 2 aromatic rings. The molecular formula is C25H32ClN3O3. The Labute approximate surface area is 194 Å². The minimum atomic E-state index is -0.848. The maximum atomic E-state index is 11.9. The van der Waals surface area contributed by atoms with Gasteiger partial charge in [0.25, 0.3) is 0 Å². The van der Waals surface area contributed by atoms with Crippen LogP contribution in [0.1, 0.15) is 55.0 Å². The molecule has 1 aromatic heterocycles. The number of anilines is 1. The van der Waals surface area contributed by atoms with Gasteiger partial charge >= 0.3 is 5.97 Å². The van der Waals surface area contributed by atoms with Gasteiger partial charge in [-0.15, -0.1) is 0 Å². The first kappa shape index (κ1) is 23.0. The van der Waals surface area contributed by atoms with Crippen LogP contribution in [0.25, 0.3) is 0 Å². The van der Waals surface area contributed by atoms with Gasteiger partial charge in [-0.2, -0.15) is 0 Å². The van der Waals surface area contributed by atoms with Crippen LogP contribution in [0.3, 0.4) is 0 Å². The van der Waals surface area contributed by atoms with Crippen LogP contribution in [0, 0.1) is 0 Å². The molecule has 0 saturated carbocycles. The first-order valence-corrected chi connectivity index (χ1v) is 12.0. The lowest BCUT2D eigenvalue weighted by molar-refractivity contribution is -0.143. The number of rotatable bonds is 10. The lowest BCUT2D eigenvalue weighted by atomic mass is 10.1. The molecule has 32 heavy (non-hydrogen) atoms. The number of unbranched alkanes of at least 4 members (excludes halogenated alkanes) is 2. The smallest absolute Gasteiger partial charge is 0.325 e. The normalized spacial score (nSPS) is 19.3. The van der Waals surface area contributed by atoms with E-state index in [1.807, 2.05) is 11.0 Å². The van der Waals surface area contributed by atoms with Gasteiger partial charge in [0.2, 0.25) is 0 Å². The van der Waals surface area contributed by atoms with Gasteiger partial charge in [0.1, 0.15) is 11.9 Å². The van der Waals surface area contributed by atoms with Crippen molar-refractivity contribution in [1.82, 2.24) is 9.88 Å². The number of nitrogens with one attached hydrogen (secondary N) is 1. The van der Waals surface area contributed by atoms with Crippen LogP contribution in [0.15, 0.2) is 36.4 Å². The summed E-state index contributed by atoms with van der Waals surface area (Å²) in [6.07, 6.45) is 7.45. The van der Waals surface area contributed by atoms with E-state index in [0.29, 0.717) is 24.7 Å². The topological polar surface area (TPSA) is 74.7 Å². The molecule has 2 aliphatic heterocycles. The van der Waals surface area contributed by atoms with E-state index in [4.69, 9.17) is 21.3 Å². The molecule has 6 nitrogen and oxygen atoms in total. The highest BCUT2D eigenvalue weighted by atomic mass is 35.5. The molecule has 0 spiro atoms. The van der Waals surface area contributed by atoms with E-state index in [1.165, 1.54) is 12.0 Å². The van der Waals surface area contributed by atoms with Crippen molar-refractivity contribution in [3.8, 4) is 0 Å². The molecule has 1 saturated heterocycles. The van der Waals surface area contributed by atoms with E-state index in [9.17, 15) is 9.90 Å². The van der Waals surface area contributed by atoms with E-state index < -0.39 is 12.0 Å². The fraction of sp³-hybridized carbons (Fsp3) is 0.520. The number of likely N-dealkylation sites (tertiary alicyclic amines) is 1. The van der Waals surface area contributed by atoms with Gasteiger partial charge in [-0.3, -0.25) is 9.69 Å². The third-order valence-corrected chi connectivity index (χ3v) is 6.56. The van der Waals surface area contributed by atoms with E-state index in [-0.39, 0.29) is 6.10 Å². The number of hydrogen-bond acceptors (Lipinski definition) is 5. The van der Waals surface area contributed by atoms with E-state index in [1.54, 1.807) is 18.2 Å². The Morgan fingerprint density at radius 3 is 3.03 bits per heavy atom. The number of hydrogen-bond donors (Lipinski definition) is 2. The van der Waals surface area contributed by atoms with Gasteiger partial charge in [0.15, 0.2) is 0 Å². The molecule has 172 valence electrons. The molecule has 1 unspecified atom stereocenters. The number of carboxylic acid groups (broad SMARTS) is 1. The van der Waals surface area contributed by atoms with Crippen molar-refractivity contribution in [2.24, 2.45) is 0 Å². The maximum absolute atomic E-state index is 11.9. The zero-order chi connectivity index (χ0) is 22.3. The first-order valence-electron chi connectivity index (χ1n) is 11.7. The highest BCUT2D eigenvalue weighted by molar-refractivity contribution is 6.30. The molecule has 2 aliphatic rings. The monoisotopic (exact) mass is 457 g/mol. The Kier molecular flexibility index (Phi) is 8.00. The predicted molar refractivity (Wildman–Crippen MR) is 126 cm³/mol. The Bertz CT molecular complexity index is 923. The summed E-state index contributed by atoms with van der Waals surface area (Å²) in [5, 5.41) is 13.7. The van der Waals surface area contributed by atoms with E-state index >= 15 is 0 Å². The first-order chi connectivity index (χ1) is 15.6. The molecule has 0 amide bonds. The van der Waals surface area contributed by atoms with Gasteiger partial charge < -0.3 is 15.2 Å². The molecule has 1 fully saturated rings. The molecule has 2 N–H and O–H groups in total. The number of aromatic nitrogens is 1. The average Bonchev–Trinajstić information content (AvgIpc) is 3.24. The Morgan fingerprint density at radius 2 is 2.19 bits per heavy atom. The lowest BCUT2D eigenvalue weighted by Crippen LogP contribution is -2.33. The molecular weight excluding hydrogens is 426 g/mol. The summed E-state index contributed by atoms with van der Waals surface area (Å²) in [5.41, 5.74) is 3.21. The maximum Gasteiger partial charge on any atom is 0.325 e. The number of halogens is 1. The number of nitrogens with zero attached hydrogens (tertiary/aromatic N) is 2. The minimum Gasteiger partial charge on any atom is -0.480 e. The fourth-order valence-electron chi connectivity index (χ4n) is 4.65. The Balaban J connectivity index is 1.16. The van der Waals surface area contributed by atoms with Crippen molar-refractivity contribution in [2.75, 3.05) is 31.6 Å². The SMILES string of the molecule is O=C(O)C(c1cccc(Cl)c1)N1CC[C@@H](OCCCCCc2ccc3c(n2)NCCC3)C1. The second-order valence-corrected chi connectivity index (χ2v) is 9.16. The van der Waals surface area contributed by atoms with Crippen molar-refractivity contribution < 1.29 is 14.6 Å². The average molecular weight is 458 g/mol. The third kappa shape index (κ3) is 6.00. The Hall–Kier alpha value is -2.15. The van der Waals surface area contributed by atoms with Crippen LogP contribution < -0.4 is 5.32 Å². The summed E-state index contributed by atoms with van der Waals surface area (Å²) in [7, 11) is 0. The number of carboxylic acids is 1. The largest absolute Gasteiger partial charge is 0.480 e. The molecule has 0 radical (unpaired) electrons. The fourth-order valence-corrected chi connectivity index (χ4v) is 4.85. The van der Waals surface area contributed by atoms with Gasteiger partial charge in [-0.25, -0.2) is 4.98 Å². The summed E-state index contributed by atoms with van der Waals surface area (Å²) < 4.78 is 6.06. The molecule has 4 rings (SSSR count). The van der Waals surface area contributed by atoms with Gasteiger partial charge in [0.05, 0.1) is 6.10 Å². The van der Waals surface area contributed by atoms with Crippen LogP contribution in [0.5, 0.6) is 0 Å². The van der Waals surface area contributed by atoms with Crippen molar-refractivity contribution in [3.63, 3.8) is 0 Å². The van der Waals surface area contributed by atoms with Crippen molar-refractivity contribution in [3.05, 3.63) is 58.2 Å². The summed E-state index contributed by atoms with van der Waals surface area (Å²) >= 11 is 6.07. The highest BCUT2D eigenvalue weighted by Gasteiger charge is 2.34. The van der Waals surface area contributed by atoms with Crippen molar-refractivity contribution in [1.29, 1.82) is 0 Å². The number of aliphatic carboxylic acids is 1. The molecule has 2 atom stereocenters. The highest BCUT2D eigenvalue weighted by Crippen LogP contribution is 2.28. The summed E-state index contributed by atoms with van der Waals surface area (Å²) in [6.45, 7) is 3.08. The van der Waals surface area contributed by atoms with Crippen LogP contribution in [-0.4, -0.2) is 53.3 Å². The number of carbonyl (C=O) groups is 1. The zero-order valence-corrected chi connectivity index (χ0v) is 19.2. The zero-order valence-electron chi connectivity index (χ0n) is 18.4. The van der Waals surface area contributed by atoms with Crippen LogP contribution in [0.4, 0.5) is 5.82 Å². The van der Waals surface area contributed by atoms with Crippen LogP contribution in [-0.2, 0) is 22.4 Å². The predicted octanol–water partition coefficient (Wildman–Crippen LogP) is 4.72. The number of benzene rings is 1. The number of ether oxygens (including phenoxy) is 1. The Morgan fingerprint density at radius 1 is 1.28 bits per heavy atom. The minimum absolute atomic E-state index is 0.0874. The quantitative estimate of drug-likeness (QED) is 0.503. The lowest BCUT2D eigenvalue weighted by Gasteiger charge is -2.24. The van der Waals surface area contributed by atoms with Crippen LogP contribution in [0.2, 0.25) is 5.02 Å². The number of fused-ring (bicyclic) bond motifs is 1. The van der Waals surface area contributed by atoms with Crippen molar-refractivity contribution >= 4 is 23.4 Å². The second kappa shape index (κ2) is 11.1. The van der Waals surface area contributed by atoms with Crippen molar-refractivity contribution in [2.45, 2.75) is 57.1 Å². The third-order valence-electron chi connectivity index (χ3n) is 6.32. The van der Waals surface area contributed by atoms with Gasteiger partial charge in [-0.1, -0.05) is 36.2 Å². The van der Waals surface area contributed by atoms with E-state index in [0.717, 1.165) is 62.1 Å². The number of pyridine rings is 1. The number of aryl methyl sites for hydroxylation is 2.